The van der Waals surface area contributed by atoms with Gasteiger partial charge in [-0.2, -0.15) is 0 Å². The third kappa shape index (κ3) is 1.78. The second kappa shape index (κ2) is 3.44. The zero-order valence-electron chi connectivity index (χ0n) is 8.33. The minimum atomic E-state index is -0.322. The van der Waals surface area contributed by atoms with Gasteiger partial charge in [0.25, 0.3) is 0 Å². The first-order valence-corrected chi connectivity index (χ1v) is 4.66. The largest absolute Gasteiger partial charge is 0.486 e. The molecular formula is C10H13FN2O. The van der Waals surface area contributed by atoms with E-state index in [2.05, 4.69) is 4.98 Å². The summed E-state index contributed by atoms with van der Waals surface area (Å²) in [5.41, 5.74) is 0.461. The van der Waals surface area contributed by atoms with Crippen molar-refractivity contribution in [1.82, 2.24) is 4.98 Å². The molecule has 0 saturated heterocycles. The average Bonchev–Trinajstić information content (AvgIpc) is 2.92. The summed E-state index contributed by atoms with van der Waals surface area (Å²) < 4.78 is 19.1. The van der Waals surface area contributed by atoms with Crippen LogP contribution in [0.25, 0.3) is 0 Å². The summed E-state index contributed by atoms with van der Waals surface area (Å²) >= 11 is 0. The molecule has 3 nitrogen and oxygen atoms in total. The first-order valence-electron chi connectivity index (χ1n) is 4.66. The van der Waals surface area contributed by atoms with Gasteiger partial charge in [0.15, 0.2) is 11.6 Å². The van der Waals surface area contributed by atoms with E-state index in [9.17, 15) is 4.39 Å². The summed E-state index contributed by atoms with van der Waals surface area (Å²) in [7, 11) is 3.56. The Hall–Kier alpha value is -1.32. The van der Waals surface area contributed by atoms with Crippen LogP contribution in [0.1, 0.15) is 12.8 Å². The van der Waals surface area contributed by atoms with E-state index in [1.165, 1.54) is 12.4 Å². The lowest BCUT2D eigenvalue weighted by atomic mass is 10.3. The molecule has 76 valence electrons. The highest BCUT2D eigenvalue weighted by atomic mass is 19.1. The molecule has 1 aliphatic rings. The molecule has 4 heteroatoms. The Morgan fingerprint density at radius 1 is 1.43 bits per heavy atom. The molecule has 1 fully saturated rings. The number of aromatic nitrogens is 1. The quantitative estimate of drug-likeness (QED) is 0.737. The number of hydrogen-bond donors (Lipinski definition) is 0. The number of halogens is 1. The van der Waals surface area contributed by atoms with E-state index in [0.717, 1.165) is 12.8 Å². The molecule has 0 spiro atoms. The molecule has 1 heterocycles. The predicted molar refractivity (Wildman–Crippen MR) is 52.2 cm³/mol. The van der Waals surface area contributed by atoms with Gasteiger partial charge in [-0.05, 0) is 12.8 Å². The van der Waals surface area contributed by atoms with Crippen LogP contribution in [0.5, 0.6) is 5.75 Å². The van der Waals surface area contributed by atoms with Crippen LogP contribution in [0, 0.1) is 5.82 Å². The fourth-order valence-corrected chi connectivity index (χ4v) is 1.17. The van der Waals surface area contributed by atoms with Crippen molar-refractivity contribution in [2.24, 2.45) is 0 Å². The molecule has 0 bridgehead atoms. The maximum atomic E-state index is 13.7. The molecule has 1 aromatic heterocycles. The van der Waals surface area contributed by atoms with E-state index in [4.69, 9.17) is 4.74 Å². The number of rotatable bonds is 3. The first kappa shape index (κ1) is 9.24. The van der Waals surface area contributed by atoms with E-state index >= 15 is 0 Å². The summed E-state index contributed by atoms with van der Waals surface area (Å²) in [6, 6.07) is 0. The van der Waals surface area contributed by atoms with Crippen molar-refractivity contribution in [3.05, 3.63) is 18.2 Å². The Morgan fingerprint density at radius 2 is 2.14 bits per heavy atom. The van der Waals surface area contributed by atoms with E-state index in [0.29, 0.717) is 5.69 Å². The molecule has 1 saturated carbocycles. The zero-order chi connectivity index (χ0) is 10.1. The zero-order valence-corrected chi connectivity index (χ0v) is 8.33. The van der Waals surface area contributed by atoms with Crippen molar-refractivity contribution in [3.8, 4) is 5.75 Å². The van der Waals surface area contributed by atoms with Gasteiger partial charge in [-0.25, -0.2) is 4.39 Å². The van der Waals surface area contributed by atoms with E-state index in [1.807, 2.05) is 0 Å². The van der Waals surface area contributed by atoms with Crippen molar-refractivity contribution < 1.29 is 9.13 Å². The highest BCUT2D eigenvalue weighted by Crippen LogP contribution is 2.31. The molecule has 0 atom stereocenters. The monoisotopic (exact) mass is 196 g/mol. The highest BCUT2D eigenvalue weighted by molar-refractivity contribution is 5.48. The van der Waals surface area contributed by atoms with Gasteiger partial charge in [-0.1, -0.05) is 0 Å². The van der Waals surface area contributed by atoms with Crippen LogP contribution in [0.15, 0.2) is 12.4 Å². The van der Waals surface area contributed by atoms with Crippen LogP contribution < -0.4 is 9.64 Å². The summed E-state index contributed by atoms with van der Waals surface area (Å²) in [4.78, 5) is 5.62. The third-order valence-corrected chi connectivity index (χ3v) is 2.13. The van der Waals surface area contributed by atoms with Crippen LogP contribution in [0.4, 0.5) is 10.1 Å². The maximum absolute atomic E-state index is 13.7. The molecule has 0 unspecified atom stereocenters. The standard InChI is InChI=1S/C10H13FN2O/c1-13(2)8-5-12-6-9(10(8)11)14-7-3-4-7/h5-7H,3-4H2,1-2H3. The molecule has 0 amide bonds. The number of pyridine rings is 1. The maximum Gasteiger partial charge on any atom is 0.191 e. The molecule has 0 radical (unpaired) electrons. The van der Waals surface area contributed by atoms with Crippen LogP contribution in [-0.2, 0) is 0 Å². The third-order valence-electron chi connectivity index (χ3n) is 2.13. The Morgan fingerprint density at radius 3 is 2.71 bits per heavy atom. The van der Waals surface area contributed by atoms with Crippen molar-refractivity contribution >= 4 is 5.69 Å². The molecule has 0 aromatic carbocycles. The molecule has 14 heavy (non-hydrogen) atoms. The fraction of sp³-hybridized carbons (Fsp3) is 0.500. The van der Waals surface area contributed by atoms with Crippen molar-refractivity contribution in [1.29, 1.82) is 0 Å². The Bertz CT molecular complexity index is 337. The number of nitrogens with zero attached hydrogens (tertiary/aromatic N) is 2. The van der Waals surface area contributed by atoms with E-state index in [1.54, 1.807) is 19.0 Å². The molecule has 1 aliphatic carbocycles. The van der Waals surface area contributed by atoms with Gasteiger partial charge in [0, 0.05) is 14.1 Å². The first-order chi connectivity index (χ1) is 6.68. The minimum absolute atomic E-state index is 0.198. The van der Waals surface area contributed by atoms with Gasteiger partial charge >= 0.3 is 0 Å². The Labute approximate surface area is 82.5 Å². The van der Waals surface area contributed by atoms with Crippen molar-refractivity contribution in [3.63, 3.8) is 0 Å². The van der Waals surface area contributed by atoms with Gasteiger partial charge in [0.05, 0.1) is 24.2 Å². The van der Waals surface area contributed by atoms with Crippen molar-refractivity contribution in [2.75, 3.05) is 19.0 Å². The molecular weight excluding hydrogens is 183 g/mol. The molecule has 0 aliphatic heterocycles. The fourth-order valence-electron chi connectivity index (χ4n) is 1.17. The lowest BCUT2D eigenvalue weighted by molar-refractivity contribution is 0.286. The topological polar surface area (TPSA) is 25.4 Å². The molecule has 1 aromatic rings. The van der Waals surface area contributed by atoms with Crippen molar-refractivity contribution in [2.45, 2.75) is 18.9 Å². The van der Waals surface area contributed by atoms with Gasteiger partial charge in [-0.3, -0.25) is 4.98 Å². The van der Waals surface area contributed by atoms with Gasteiger partial charge < -0.3 is 9.64 Å². The van der Waals surface area contributed by atoms with Crippen LogP contribution in [-0.4, -0.2) is 25.2 Å². The van der Waals surface area contributed by atoms with E-state index < -0.39 is 0 Å². The number of hydrogen-bond acceptors (Lipinski definition) is 3. The average molecular weight is 196 g/mol. The second-order valence-corrected chi connectivity index (χ2v) is 3.68. The van der Waals surface area contributed by atoms with Gasteiger partial charge in [0.2, 0.25) is 0 Å². The summed E-state index contributed by atoms with van der Waals surface area (Å²) in [5.74, 6) is -0.0596. The summed E-state index contributed by atoms with van der Waals surface area (Å²) in [6.45, 7) is 0. The summed E-state index contributed by atoms with van der Waals surface area (Å²) in [5, 5.41) is 0. The molecule has 2 rings (SSSR count). The van der Waals surface area contributed by atoms with Gasteiger partial charge in [-0.15, -0.1) is 0 Å². The number of ether oxygens (including phenoxy) is 1. The lowest BCUT2D eigenvalue weighted by Gasteiger charge is -2.14. The van der Waals surface area contributed by atoms with E-state index in [-0.39, 0.29) is 17.7 Å². The van der Waals surface area contributed by atoms with Crippen LogP contribution in [0.2, 0.25) is 0 Å². The van der Waals surface area contributed by atoms with Gasteiger partial charge in [0.1, 0.15) is 0 Å². The Balaban J connectivity index is 2.25. The molecule has 0 N–H and O–H groups in total. The van der Waals surface area contributed by atoms with Crippen LogP contribution in [0.3, 0.4) is 0 Å². The normalized spacial score (nSPS) is 15.4. The predicted octanol–water partition coefficient (Wildman–Crippen LogP) is 1.83. The highest BCUT2D eigenvalue weighted by Gasteiger charge is 2.25. The summed E-state index contributed by atoms with van der Waals surface area (Å²) in [6.07, 6.45) is 5.16. The smallest absolute Gasteiger partial charge is 0.191 e. The minimum Gasteiger partial charge on any atom is -0.486 e. The lowest BCUT2D eigenvalue weighted by Crippen LogP contribution is -2.12. The number of anilines is 1. The SMILES string of the molecule is CN(C)c1cncc(OC2CC2)c1F. The second-order valence-electron chi connectivity index (χ2n) is 3.68. The Kier molecular flexibility index (Phi) is 2.27. The van der Waals surface area contributed by atoms with Crippen LogP contribution >= 0.6 is 0 Å².